The van der Waals surface area contributed by atoms with Crippen LogP contribution >= 0.6 is 0 Å². The van der Waals surface area contributed by atoms with Gasteiger partial charge in [0, 0.05) is 42.6 Å². The van der Waals surface area contributed by atoms with Gasteiger partial charge in [-0.15, -0.1) is 0 Å². The fraction of sp³-hybridized carbons (Fsp3) is 0.219. The molecule has 0 saturated carbocycles. The Balaban J connectivity index is 1.20. The lowest BCUT2D eigenvalue weighted by Gasteiger charge is -2.25. The van der Waals surface area contributed by atoms with Gasteiger partial charge in [-0.05, 0) is 40.8 Å². The van der Waals surface area contributed by atoms with Gasteiger partial charge in [0.05, 0.1) is 6.54 Å². The Morgan fingerprint density at radius 1 is 1.02 bits per heavy atom. The fourth-order valence-corrected chi connectivity index (χ4v) is 5.70. The van der Waals surface area contributed by atoms with Crippen LogP contribution in [0, 0.1) is 6.92 Å². The highest BCUT2D eigenvalue weighted by atomic mass is 16.6. The van der Waals surface area contributed by atoms with Gasteiger partial charge in [0.1, 0.15) is 24.1 Å². The molecule has 5 aromatic rings. The number of ether oxygens (including phenoxy) is 1. The Hall–Kier alpha value is -4.85. The smallest absolute Gasteiger partial charge is 0.410 e. The van der Waals surface area contributed by atoms with Crippen molar-refractivity contribution in [3.63, 3.8) is 0 Å². The van der Waals surface area contributed by atoms with Gasteiger partial charge in [-0.2, -0.15) is 0 Å². The summed E-state index contributed by atoms with van der Waals surface area (Å²) in [5.74, 6) is -0.478. The summed E-state index contributed by atoms with van der Waals surface area (Å²) in [6.07, 6.45) is 1.38. The number of aliphatic carboxylic acids is 1. The number of hydrogen-bond donors (Lipinski definition) is 1. The maximum Gasteiger partial charge on any atom is 0.410 e. The number of aromatic nitrogens is 2. The second-order valence-corrected chi connectivity index (χ2v) is 10.2. The third-order valence-electron chi connectivity index (χ3n) is 7.67. The second-order valence-electron chi connectivity index (χ2n) is 10.2. The average Bonchev–Trinajstić information content (AvgIpc) is 3.63. The van der Waals surface area contributed by atoms with Crippen LogP contribution in [0.25, 0.3) is 22.0 Å². The molecule has 0 saturated heterocycles. The number of nitrogens with zero attached hydrogens (tertiary/aromatic N) is 3. The Morgan fingerprint density at radius 3 is 2.33 bits per heavy atom. The van der Waals surface area contributed by atoms with E-state index in [1.54, 1.807) is 0 Å². The summed E-state index contributed by atoms with van der Waals surface area (Å²) in [7, 11) is 1.48. The van der Waals surface area contributed by atoms with Crippen LogP contribution in [0.5, 0.6) is 0 Å². The van der Waals surface area contributed by atoms with Gasteiger partial charge >= 0.3 is 12.1 Å². The number of carbonyl (C=O) groups is 2. The monoisotopic (exact) mass is 535 g/mol. The first-order chi connectivity index (χ1) is 19.4. The molecule has 0 radical (unpaired) electrons. The van der Waals surface area contributed by atoms with Gasteiger partial charge in [-0.3, -0.25) is 4.90 Å². The molecule has 1 N–H and O–H groups in total. The highest BCUT2D eigenvalue weighted by Gasteiger charge is 2.32. The molecule has 1 atom stereocenters. The van der Waals surface area contributed by atoms with E-state index in [2.05, 4.69) is 17.3 Å². The number of aryl methyl sites for hydroxylation is 1. The third kappa shape index (κ3) is 4.62. The van der Waals surface area contributed by atoms with E-state index in [0.717, 1.165) is 50.2 Å². The molecule has 40 heavy (non-hydrogen) atoms. The number of carbonyl (C=O) groups excluding carboxylic acids is 1. The first-order valence-corrected chi connectivity index (χ1v) is 13.2. The first kappa shape index (κ1) is 25.4. The Morgan fingerprint density at radius 2 is 1.68 bits per heavy atom. The summed E-state index contributed by atoms with van der Waals surface area (Å²) in [5.41, 5.74) is 7.01. The van der Waals surface area contributed by atoms with Crippen LogP contribution < -0.4 is 0 Å². The van der Waals surface area contributed by atoms with E-state index in [-0.39, 0.29) is 18.9 Å². The molecule has 1 aliphatic carbocycles. The van der Waals surface area contributed by atoms with E-state index in [9.17, 15) is 14.7 Å². The predicted octanol–water partition coefficient (Wildman–Crippen LogP) is 5.86. The van der Waals surface area contributed by atoms with Crippen LogP contribution in [-0.4, -0.2) is 51.5 Å². The topological polar surface area (TPSA) is 97.8 Å². The first-order valence-electron chi connectivity index (χ1n) is 13.2. The van der Waals surface area contributed by atoms with Gasteiger partial charge in [-0.25, -0.2) is 9.59 Å². The van der Waals surface area contributed by atoms with Crippen molar-refractivity contribution in [1.82, 2.24) is 14.6 Å². The van der Waals surface area contributed by atoms with Crippen molar-refractivity contribution in [2.24, 2.45) is 0 Å². The van der Waals surface area contributed by atoms with E-state index in [1.165, 1.54) is 11.9 Å². The van der Waals surface area contributed by atoms with Crippen LogP contribution in [0.1, 0.15) is 34.1 Å². The minimum absolute atomic E-state index is 0.105. The summed E-state index contributed by atoms with van der Waals surface area (Å²) < 4.78 is 13.0. The molecule has 0 bridgehead atoms. The molecule has 3 aromatic carbocycles. The zero-order chi connectivity index (χ0) is 27.8. The van der Waals surface area contributed by atoms with Gasteiger partial charge in [0.2, 0.25) is 0 Å². The van der Waals surface area contributed by atoms with Gasteiger partial charge in [0.15, 0.2) is 0 Å². The van der Waals surface area contributed by atoms with E-state index >= 15 is 0 Å². The molecule has 0 fully saturated rings. The largest absolute Gasteiger partial charge is 0.480 e. The van der Waals surface area contributed by atoms with E-state index < -0.39 is 18.1 Å². The van der Waals surface area contributed by atoms with Crippen molar-refractivity contribution in [2.75, 3.05) is 13.7 Å². The Labute approximate surface area is 231 Å². The van der Waals surface area contributed by atoms with Crippen LogP contribution in [0.2, 0.25) is 0 Å². The summed E-state index contributed by atoms with van der Waals surface area (Å²) >= 11 is 0. The van der Waals surface area contributed by atoms with Crippen molar-refractivity contribution >= 4 is 23.0 Å². The number of hydrogen-bond acceptors (Lipinski definition) is 5. The van der Waals surface area contributed by atoms with Crippen LogP contribution in [0.15, 0.2) is 89.6 Å². The fourth-order valence-electron chi connectivity index (χ4n) is 5.70. The molecular formula is C32H29N3O5. The predicted molar refractivity (Wildman–Crippen MR) is 150 cm³/mol. The molecule has 0 aliphatic heterocycles. The number of para-hydroxylation sites is 1. The molecule has 2 aromatic heterocycles. The van der Waals surface area contributed by atoms with Crippen molar-refractivity contribution in [3.05, 3.63) is 113 Å². The summed E-state index contributed by atoms with van der Waals surface area (Å²) in [4.78, 5) is 26.8. The molecule has 6 rings (SSSR count). The van der Waals surface area contributed by atoms with Crippen molar-refractivity contribution in [2.45, 2.75) is 31.8 Å². The molecule has 8 nitrogen and oxygen atoms in total. The van der Waals surface area contributed by atoms with Crippen LogP contribution in [0.3, 0.4) is 0 Å². The third-order valence-corrected chi connectivity index (χ3v) is 7.67. The Bertz CT molecular complexity index is 1670. The molecule has 0 unspecified atom stereocenters. The van der Waals surface area contributed by atoms with Crippen LogP contribution in [-0.2, 0) is 22.5 Å². The normalized spacial score (nSPS) is 13.2. The van der Waals surface area contributed by atoms with Gasteiger partial charge in [0.25, 0.3) is 0 Å². The molecule has 1 amide bonds. The average molecular weight is 536 g/mol. The maximum absolute atomic E-state index is 13.2. The van der Waals surface area contributed by atoms with E-state index in [4.69, 9.17) is 9.26 Å². The standard InChI is InChI=1S/C32H29N3O5/c1-20-15-22(33-40-20)18-35-17-21(23-9-7-8-14-29(23)35)16-30(31(36)37)34(2)32(38)39-19-28-26-12-5-3-10-24(26)25-11-4-6-13-27(25)28/h3-15,17,28,30H,16,18-19H2,1-2H3,(H,36,37)/t30-/m0/s1. The second kappa shape index (κ2) is 10.4. The van der Waals surface area contributed by atoms with Gasteiger partial charge in [-0.1, -0.05) is 71.9 Å². The number of fused-ring (bicyclic) bond motifs is 4. The minimum Gasteiger partial charge on any atom is -0.480 e. The summed E-state index contributed by atoms with van der Waals surface area (Å²) in [6.45, 7) is 2.45. The molecule has 8 heteroatoms. The van der Waals surface area contributed by atoms with Crippen molar-refractivity contribution in [1.29, 1.82) is 0 Å². The number of likely N-dealkylation sites (N-methyl/N-ethyl adjacent to an activating group) is 1. The van der Waals surface area contributed by atoms with Gasteiger partial charge < -0.3 is 18.9 Å². The zero-order valence-corrected chi connectivity index (χ0v) is 22.3. The number of amides is 1. The number of benzene rings is 3. The molecule has 2 heterocycles. The van der Waals surface area contributed by atoms with E-state index in [1.807, 2.05) is 84.4 Å². The Kier molecular flexibility index (Phi) is 6.59. The molecule has 1 aliphatic rings. The minimum atomic E-state index is -1.11. The van der Waals surface area contributed by atoms with Crippen LogP contribution in [0.4, 0.5) is 4.79 Å². The molecule has 202 valence electrons. The van der Waals surface area contributed by atoms with Crippen molar-refractivity contribution < 1.29 is 24.0 Å². The molecular weight excluding hydrogens is 506 g/mol. The lowest BCUT2D eigenvalue weighted by molar-refractivity contribution is -0.142. The van der Waals surface area contributed by atoms with E-state index in [0.29, 0.717) is 6.54 Å². The number of carboxylic acids is 1. The molecule has 0 spiro atoms. The number of carboxylic acid groups (broad SMARTS) is 1. The summed E-state index contributed by atoms with van der Waals surface area (Å²) in [6, 6.07) is 24.8. The summed E-state index contributed by atoms with van der Waals surface area (Å²) in [5, 5.41) is 15.1. The lowest BCUT2D eigenvalue weighted by Crippen LogP contribution is -2.44. The lowest BCUT2D eigenvalue weighted by atomic mass is 9.98. The SMILES string of the molecule is Cc1cc(Cn2cc(C[C@@H](C(=O)O)N(C)C(=O)OCC3c4ccccc4-c4ccccc43)c3ccccc32)no1. The van der Waals surface area contributed by atoms with Crippen molar-refractivity contribution in [3.8, 4) is 11.1 Å². The quantitative estimate of drug-likeness (QED) is 0.267. The maximum atomic E-state index is 13.2. The highest BCUT2D eigenvalue weighted by molar-refractivity contribution is 5.86. The highest BCUT2D eigenvalue weighted by Crippen LogP contribution is 2.44. The zero-order valence-electron chi connectivity index (χ0n) is 22.3. The number of rotatable bonds is 8.